The zero-order chi connectivity index (χ0) is 41.7. The lowest BCUT2D eigenvalue weighted by Gasteiger charge is -2.36. The van der Waals surface area contributed by atoms with Gasteiger partial charge in [-0.05, 0) is 173 Å². The van der Waals surface area contributed by atoms with E-state index in [0.717, 1.165) is 31.1 Å². The molecule has 2 radical (unpaired) electrons. The van der Waals surface area contributed by atoms with Crippen molar-refractivity contribution >= 4 is 18.9 Å². The highest BCUT2D eigenvalue weighted by Crippen LogP contribution is 2.57. The molecule has 0 aromatic heterocycles. The zero-order valence-electron chi connectivity index (χ0n) is 37.0. The van der Waals surface area contributed by atoms with E-state index in [4.69, 9.17) is 7.85 Å². The number of rotatable bonds is 16. The second-order valence-corrected chi connectivity index (χ2v) is 19.6. The van der Waals surface area contributed by atoms with Crippen molar-refractivity contribution in [2.45, 2.75) is 133 Å². The van der Waals surface area contributed by atoms with E-state index in [1.807, 2.05) is 0 Å². The molecule has 0 N–H and O–H groups in total. The molecule has 1 heteroatoms. The van der Waals surface area contributed by atoms with Gasteiger partial charge in [0.05, 0.1) is 0 Å². The van der Waals surface area contributed by atoms with Gasteiger partial charge < -0.3 is 0 Å². The van der Waals surface area contributed by atoms with Gasteiger partial charge in [-0.2, -0.15) is 0 Å². The summed E-state index contributed by atoms with van der Waals surface area (Å²) in [5, 5.41) is 0. The van der Waals surface area contributed by atoms with Crippen molar-refractivity contribution in [3.05, 3.63) is 211 Å². The summed E-state index contributed by atoms with van der Waals surface area (Å²) in [7, 11) is 6.81. The predicted octanol–water partition coefficient (Wildman–Crippen LogP) is 14.1. The molecule has 6 aromatic rings. The fourth-order valence-corrected chi connectivity index (χ4v) is 12.7. The zero-order valence-corrected chi connectivity index (χ0v) is 37.0. The van der Waals surface area contributed by atoms with E-state index in [1.165, 1.54) is 146 Å². The minimum Gasteiger partial charge on any atom is -0.0932 e. The van der Waals surface area contributed by atoms with Gasteiger partial charge in [0.15, 0.2) is 0 Å². The molecule has 0 spiro atoms. The van der Waals surface area contributed by atoms with Crippen molar-refractivity contribution in [2.24, 2.45) is 0 Å². The van der Waals surface area contributed by atoms with E-state index in [2.05, 4.69) is 140 Å². The molecular formula is C61H61B. The Morgan fingerprint density at radius 1 is 0.468 bits per heavy atom. The van der Waals surface area contributed by atoms with Crippen LogP contribution in [0, 0.1) is 6.92 Å². The van der Waals surface area contributed by atoms with E-state index in [1.54, 1.807) is 39.0 Å². The van der Waals surface area contributed by atoms with Crippen LogP contribution in [0.5, 0.6) is 0 Å². The van der Waals surface area contributed by atoms with Gasteiger partial charge in [0.1, 0.15) is 7.85 Å². The normalized spacial score (nSPS) is 18.3. The molecule has 0 heterocycles. The Morgan fingerprint density at radius 2 is 0.984 bits per heavy atom. The Kier molecular flexibility index (Phi) is 10.6. The third-order valence-corrected chi connectivity index (χ3v) is 16.2. The Labute approximate surface area is 373 Å². The van der Waals surface area contributed by atoms with Crippen molar-refractivity contribution in [3.63, 3.8) is 0 Å². The maximum atomic E-state index is 6.81. The molecule has 0 saturated heterocycles. The molecule has 308 valence electrons. The Bertz CT molecular complexity index is 2690. The Hall–Kier alpha value is -5.14. The molecule has 0 bridgehead atoms. The third-order valence-electron chi connectivity index (χ3n) is 16.2. The standard InChI is InChI=1S/C61H61B/c1-42-38-48(19-7-3-5-17-37-61(50-35-33-44-29-31-47(44)40-50)57-26-14-10-22-53(57)54-23-11-15-27-58(54)61)59(62)41-45(42)18-6-2-4-16-36-60(49-34-32-43-28-30-46(43)39-49)55-24-12-8-20-51(55)52-21-9-13-25-56(52)60/h8,10-15,20,22-27,32-35,38-41H,2-7,9,16-19,21,28-31,36-37H2,1H3. The first-order chi connectivity index (χ1) is 30.5. The molecule has 0 nitrogen and oxygen atoms in total. The number of allylic oxidation sites excluding steroid dienone is 4. The number of fused-ring (bicyclic) bond motifs is 7. The summed E-state index contributed by atoms with van der Waals surface area (Å²) in [5.74, 6) is 0. The molecule has 11 rings (SSSR count). The Morgan fingerprint density at radius 3 is 1.58 bits per heavy atom. The maximum Gasteiger partial charge on any atom is 0.114 e. The number of hydrogen-bond acceptors (Lipinski definition) is 0. The quantitative estimate of drug-likeness (QED) is 0.0675. The van der Waals surface area contributed by atoms with Gasteiger partial charge in [0.25, 0.3) is 0 Å². The van der Waals surface area contributed by atoms with Crippen LogP contribution in [0.1, 0.15) is 149 Å². The molecule has 5 aliphatic carbocycles. The molecule has 0 amide bonds. The third kappa shape index (κ3) is 6.64. The lowest BCUT2D eigenvalue weighted by molar-refractivity contribution is 0.507. The van der Waals surface area contributed by atoms with Crippen molar-refractivity contribution in [1.82, 2.24) is 0 Å². The maximum absolute atomic E-state index is 6.81. The van der Waals surface area contributed by atoms with Gasteiger partial charge in [-0.3, -0.25) is 0 Å². The highest BCUT2D eigenvalue weighted by Gasteiger charge is 2.46. The molecule has 1 atom stereocenters. The summed E-state index contributed by atoms with van der Waals surface area (Å²) in [5.41, 5.74) is 26.4. The predicted molar refractivity (Wildman–Crippen MR) is 262 cm³/mol. The summed E-state index contributed by atoms with van der Waals surface area (Å²) in [6, 6.07) is 47.4. The summed E-state index contributed by atoms with van der Waals surface area (Å²) < 4.78 is 0. The minimum absolute atomic E-state index is 0.0203. The number of aryl methyl sites for hydroxylation is 7. The summed E-state index contributed by atoms with van der Waals surface area (Å²) in [4.78, 5) is 0. The van der Waals surface area contributed by atoms with Crippen molar-refractivity contribution in [3.8, 4) is 11.1 Å². The van der Waals surface area contributed by atoms with Gasteiger partial charge in [0.2, 0.25) is 0 Å². The summed E-state index contributed by atoms with van der Waals surface area (Å²) in [6.45, 7) is 2.31. The molecule has 0 saturated carbocycles. The van der Waals surface area contributed by atoms with Crippen LogP contribution in [0.2, 0.25) is 0 Å². The van der Waals surface area contributed by atoms with Crippen LogP contribution in [0.15, 0.2) is 139 Å². The van der Waals surface area contributed by atoms with Crippen LogP contribution in [-0.2, 0) is 49.4 Å². The highest BCUT2D eigenvalue weighted by molar-refractivity contribution is 6.33. The lowest BCUT2D eigenvalue weighted by atomic mass is 9.66. The SMILES string of the molecule is [B]c1cc(CCCCCCC2(c3ccc4c(c3)CC4)C3=C(CCC=C3)c3ccccc32)c(C)cc1CCCCCCC1(c2ccc3c(c2)CC3)c2ccccc2-c2ccccc21. The van der Waals surface area contributed by atoms with E-state index in [0.29, 0.717) is 0 Å². The van der Waals surface area contributed by atoms with Gasteiger partial charge in [0, 0.05) is 10.8 Å². The first kappa shape index (κ1) is 39.7. The van der Waals surface area contributed by atoms with Crippen molar-refractivity contribution < 1.29 is 0 Å². The van der Waals surface area contributed by atoms with Crippen LogP contribution < -0.4 is 5.46 Å². The average Bonchev–Trinajstić information content (AvgIpc) is 3.73. The first-order valence-corrected chi connectivity index (χ1v) is 24.4. The topological polar surface area (TPSA) is 0 Å². The van der Waals surface area contributed by atoms with Crippen LogP contribution in [0.25, 0.3) is 16.7 Å². The smallest absolute Gasteiger partial charge is 0.0932 e. The second kappa shape index (κ2) is 16.5. The van der Waals surface area contributed by atoms with Crippen LogP contribution in [-0.4, -0.2) is 7.85 Å². The molecule has 5 aliphatic rings. The van der Waals surface area contributed by atoms with Gasteiger partial charge in [-0.25, -0.2) is 0 Å². The van der Waals surface area contributed by atoms with E-state index < -0.39 is 0 Å². The van der Waals surface area contributed by atoms with E-state index in [9.17, 15) is 0 Å². The Balaban J connectivity index is 0.697. The molecule has 6 aromatic carbocycles. The molecule has 1 unspecified atom stereocenters. The first-order valence-electron chi connectivity index (χ1n) is 24.4. The van der Waals surface area contributed by atoms with Gasteiger partial charge in [-0.1, -0.05) is 183 Å². The average molecular weight is 805 g/mol. The summed E-state index contributed by atoms with van der Waals surface area (Å²) in [6.07, 6.45) is 26.5. The number of unbranched alkanes of at least 4 members (excludes halogenated alkanes) is 6. The van der Waals surface area contributed by atoms with Gasteiger partial charge in [-0.15, -0.1) is 0 Å². The molecule has 0 fully saturated rings. The van der Waals surface area contributed by atoms with Crippen LogP contribution in [0.3, 0.4) is 0 Å². The lowest BCUT2D eigenvalue weighted by Crippen LogP contribution is -2.29. The summed E-state index contributed by atoms with van der Waals surface area (Å²) >= 11 is 0. The second-order valence-electron chi connectivity index (χ2n) is 19.6. The van der Waals surface area contributed by atoms with E-state index >= 15 is 0 Å². The van der Waals surface area contributed by atoms with Crippen LogP contribution in [0.4, 0.5) is 0 Å². The molecular weight excluding hydrogens is 743 g/mol. The molecule has 62 heavy (non-hydrogen) atoms. The largest absolute Gasteiger partial charge is 0.114 e. The molecule has 0 aliphatic heterocycles. The number of benzene rings is 6. The van der Waals surface area contributed by atoms with Crippen molar-refractivity contribution in [1.29, 1.82) is 0 Å². The monoisotopic (exact) mass is 804 g/mol. The van der Waals surface area contributed by atoms with Gasteiger partial charge >= 0.3 is 0 Å². The van der Waals surface area contributed by atoms with Crippen LogP contribution >= 0.6 is 0 Å². The minimum atomic E-state index is -0.0728. The fourth-order valence-electron chi connectivity index (χ4n) is 12.7. The highest BCUT2D eigenvalue weighted by atomic mass is 14.5. The van der Waals surface area contributed by atoms with Crippen molar-refractivity contribution in [2.75, 3.05) is 0 Å². The van der Waals surface area contributed by atoms with E-state index in [-0.39, 0.29) is 10.8 Å². The fraction of sp³-hybridized carbons (Fsp3) is 0.344. The number of hydrogen-bond donors (Lipinski definition) is 0.